The van der Waals surface area contributed by atoms with Gasteiger partial charge in [-0.15, -0.1) is 0 Å². The fourth-order valence-electron chi connectivity index (χ4n) is 0.959. The highest BCUT2D eigenvalue weighted by atomic mass is 16.5. The Morgan fingerprint density at radius 2 is 2.21 bits per heavy atom. The quantitative estimate of drug-likeness (QED) is 0.679. The summed E-state index contributed by atoms with van der Waals surface area (Å²) in [5, 5.41) is 2.37. The number of carbonyl (C=O) groups is 2. The molecule has 0 radical (unpaired) electrons. The van der Waals surface area contributed by atoms with Crippen molar-refractivity contribution in [3.63, 3.8) is 0 Å². The molecule has 0 saturated carbocycles. The summed E-state index contributed by atoms with van der Waals surface area (Å²) in [7, 11) is 0. The number of nitrogens with zero attached hydrogens (tertiary/aromatic N) is 1. The zero-order valence-electron chi connectivity index (χ0n) is 7.86. The monoisotopic (exact) mass is 198 g/mol. The van der Waals surface area contributed by atoms with Crippen LogP contribution in [-0.4, -0.2) is 28.3 Å². The summed E-state index contributed by atoms with van der Waals surface area (Å²) in [6.45, 7) is 3.03. The van der Waals surface area contributed by atoms with Gasteiger partial charge < -0.3 is 4.74 Å². The van der Waals surface area contributed by atoms with Crippen LogP contribution in [0, 0.1) is 0 Å². The second-order valence-electron chi connectivity index (χ2n) is 2.57. The summed E-state index contributed by atoms with van der Waals surface area (Å²) in [4.78, 5) is 33.3. The van der Waals surface area contributed by atoms with Gasteiger partial charge in [0.05, 0.1) is 6.61 Å². The van der Waals surface area contributed by atoms with Gasteiger partial charge in [-0.2, -0.15) is 4.68 Å². The molecule has 0 aliphatic heterocycles. The Bertz CT molecular complexity index is 415. The molecule has 0 atom stereocenters. The van der Waals surface area contributed by atoms with E-state index in [2.05, 4.69) is 9.84 Å². The van der Waals surface area contributed by atoms with Gasteiger partial charge >= 0.3 is 5.97 Å². The lowest BCUT2D eigenvalue weighted by molar-refractivity contribution is 0.0525. The first-order valence-corrected chi connectivity index (χ1v) is 4.06. The summed E-state index contributed by atoms with van der Waals surface area (Å²) in [5.74, 6) is -1.21. The molecule has 0 aliphatic rings. The van der Waals surface area contributed by atoms with Gasteiger partial charge in [0.25, 0.3) is 5.56 Å². The average molecular weight is 198 g/mol. The van der Waals surface area contributed by atoms with Crippen molar-refractivity contribution < 1.29 is 14.3 Å². The number of rotatable bonds is 2. The number of aromatic nitrogens is 2. The molecule has 1 N–H and O–H groups in total. The maximum absolute atomic E-state index is 11.3. The maximum Gasteiger partial charge on any atom is 0.345 e. The van der Waals surface area contributed by atoms with Crippen molar-refractivity contribution >= 4 is 11.9 Å². The van der Waals surface area contributed by atoms with E-state index in [9.17, 15) is 14.4 Å². The van der Waals surface area contributed by atoms with Gasteiger partial charge in [-0.1, -0.05) is 0 Å². The third-order valence-corrected chi connectivity index (χ3v) is 1.58. The smallest absolute Gasteiger partial charge is 0.345 e. The van der Waals surface area contributed by atoms with Crippen LogP contribution in [0.1, 0.15) is 29.0 Å². The molecule has 0 aliphatic carbocycles. The molecule has 0 saturated heterocycles. The van der Waals surface area contributed by atoms with Crippen LogP contribution in [0.15, 0.2) is 11.0 Å². The number of hydrogen-bond donors (Lipinski definition) is 1. The summed E-state index contributed by atoms with van der Waals surface area (Å²) < 4.78 is 5.36. The predicted molar refractivity (Wildman–Crippen MR) is 47.3 cm³/mol. The van der Waals surface area contributed by atoms with Gasteiger partial charge in [0.2, 0.25) is 5.91 Å². The highest BCUT2D eigenvalue weighted by Crippen LogP contribution is 1.93. The third-order valence-electron chi connectivity index (χ3n) is 1.58. The number of ether oxygens (including phenoxy) is 1. The van der Waals surface area contributed by atoms with Crippen LogP contribution in [0.25, 0.3) is 0 Å². The fraction of sp³-hybridized carbons (Fsp3) is 0.375. The molecule has 6 heteroatoms. The Morgan fingerprint density at radius 1 is 1.57 bits per heavy atom. The number of esters is 1. The van der Waals surface area contributed by atoms with E-state index in [1.54, 1.807) is 6.92 Å². The second-order valence-corrected chi connectivity index (χ2v) is 2.57. The third kappa shape index (κ3) is 1.73. The Morgan fingerprint density at radius 3 is 2.64 bits per heavy atom. The number of H-pyrrole nitrogens is 1. The molecular formula is C8H10N2O4. The highest BCUT2D eigenvalue weighted by Gasteiger charge is 2.16. The van der Waals surface area contributed by atoms with Crippen LogP contribution >= 0.6 is 0 Å². The highest BCUT2D eigenvalue weighted by molar-refractivity contribution is 5.89. The van der Waals surface area contributed by atoms with Crippen LogP contribution in [-0.2, 0) is 4.74 Å². The molecule has 0 bridgehead atoms. The second kappa shape index (κ2) is 3.91. The lowest BCUT2D eigenvalue weighted by atomic mass is 10.4. The fourth-order valence-corrected chi connectivity index (χ4v) is 0.959. The van der Waals surface area contributed by atoms with E-state index in [0.29, 0.717) is 0 Å². The standard InChI is InChI=1S/C8H10N2O4/c1-3-14-8(13)6-4-9-10(5(2)11)7(6)12/h4,9H,3H2,1-2H3. The van der Waals surface area contributed by atoms with Crippen molar-refractivity contribution in [3.05, 3.63) is 22.1 Å². The van der Waals surface area contributed by atoms with Crippen LogP contribution in [0.5, 0.6) is 0 Å². The SMILES string of the molecule is CCOC(=O)c1c[nH]n(C(C)=O)c1=O. The largest absolute Gasteiger partial charge is 0.462 e. The lowest BCUT2D eigenvalue weighted by Crippen LogP contribution is -2.26. The molecular weight excluding hydrogens is 188 g/mol. The first kappa shape index (κ1) is 10.2. The van der Waals surface area contributed by atoms with Crippen LogP contribution < -0.4 is 5.56 Å². The first-order valence-electron chi connectivity index (χ1n) is 4.06. The normalized spacial score (nSPS) is 9.86. The Hall–Kier alpha value is -1.85. The molecule has 1 aromatic heterocycles. The molecule has 0 amide bonds. The Labute approximate surface area is 79.5 Å². The van der Waals surface area contributed by atoms with Crippen molar-refractivity contribution in [2.24, 2.45) is 0 Å². The van der Waals surface area contributed by atoms with Crippen molar-refractivity contribution in [3.8, 4) is 0 Å². The maximum atomic E-state index is 11.3. The van der Waals surface area contributed by atoms with Crippen molar-refractivity contribution in [1.82, 2.24) is 9.78 Å². The molecule has 0 aromatic carbocycles. The number of hydrogen-bond acceptors (Lipinski definition) is 4. The first-order chi connectivity index (χ1) is 6.57. The van der Waals surface area contributed by atoms with Gasteiger partial charge in [-0.25, -0.2) is 4.79 Å². The molecule has 0 unspecified atom stereocenters. The minimum atomic E-state index is -0.728. The van der Waals surface area contributed by atoms with E-state index >= 15 is 0 Å². The summed E-state index contributed by atoms with van der Waals surface area (Å²) in [6, 6.07) is 0. The molecule has 0 spiro atoms. The molecule has 6 nitrogen and oxygen atoms in total. The van der Waals surface area contributed by atoms with E-state index < -0.39 is 17.4 Å². The number of aromatic amines is 1. The van der Waals surface area contributed by atoms with Crippen LogP contribution in [0.3, 0.4) is 0 Å². The molecule has 0 fully saturated rings. The summed E-state index contributed by atoms with van der Waals surface area (Å²) >= 11 is 0. The minimum Gasteiger partial charge on any atom is -0.462 e. The van der Waals surface area contributed by atoms with Crippen molar-refractivity contribution in [2.45, 2.75) is 13.8 Å². The zero-order chi connectivity index (χ0) is 10.7. The van der Waals surface area contributed by atoms with Crippen LogP contribution in [0.4, 0.5) is 0 Å². The molecule has 1 heterocycles. The van der Waals surface area contributed by atoms with Crippen molar-refractivity contribution in [2.75, 3.05) is 6.61 Å². The van der Waals surface area contributed by atoms with E-state index in [0.717, 1.165) is 10.9 Å². The van der Waals surface area contributed by atoms with Crippen molar-refractivity contribution in [1.29, 1.82) is 0 Å². The summed E-state index contributed by atoms with van der Waals surface area (Å²) in [5.41, 5.74) is -0.849. The van der Waals surface area contributed by atoms with Gasteiger partial charge in [0, 0.05) is 13.1 Å². The Balaban J connectivity index is 3.07. The summed E-state index contributed by atoms with van der Waals surface area (Å²) in [6.07, 6.45) is 1.15. The molecule has 14 heavy (non-hydrogen) atoms. The van der Waals surface area contributed by atoms with Gasteiger partial charge in [-0.05, 0) is 6.92 Å². The predicted octanol–water partition coefficient (Wildman–Crippen LogP) is 0.0132. The Kier molecular flexibility index (Phi) is 2.85. The van der Waals surface area contributed by atoms with Gasteiger partial charge in [0.1, 0.15) is 5.56 Å². The van der Waals surface area contributed by atoms with E-state index in [-0.39, 0.29) is 12.2 Å². The molecule has 1 aromatic rings. The zero-order valence-corrected chi connectivity index (χ0v) is 7.86. The van der Waals surface area contributed by atoms with Gasteiger partial charge in [-0.3, -0.25) is 14.7 Å². The lowest BCUT2D eigenvalue weighted by Gasteiger charge is -1.95. The average Bonchev–Trinajstić information content (AvgIpc) is 2.47. The topological polar surface area (TPSA) is 81.2 Å². The minimum absolute atomic E-state index is 0.165. The van der Waals surface area contributed by atoms with E-state index in [1.807, 2.05) is 0 Å². The molecule has 1 rings (SSSR count). The number of nitrogens with one attached hydrogen (secondary N) is 1. The van der Waals surface area contributed by atoms with E-state index in [4.69, 9.17) is 0 Å². The van der Waals surface area contributed by atoms with Crippen LogP contribution in [0.2, 0.25) is 0 Å². The van der Waals surface area contributed by atoms with E-state index in [1.165, 1.54) is 6.92 Å². The number of carbonyl (C=O) groups excluding carboxylic acids is 2. The molecule has 76 valence electrons. The van der Waals surface area contributed by atoms with Gasteiger partial charge in [0.15, 0.2) is 0 Å².